The molecular weight excluding hydrogens is 280 g/mol. The molecular formula is C14H15ClN2OS. The average molecular weight is 295 g/mol. The molecule has 1 unspecified atom stereocenters. The molecule has 0 amide bonds. The first-order chi connectivity index (χ1) is 9.20. The molecule has 1 aromatic carbocycles. The van der Waals surface area contributed by atoms with Gasteiger partial charge in [0.15, 0.2) is 0 Å². The van der Waals surface area contributed by atoms with Crippen molar-refractivity contribution in [2.24, 2.45) is 0 Å². The summed E-state index contributed by atoms with van der Waals surface area (Å²) >= 11 is 7.71. The Balaban J connectivity index is 1.51. The number of fused-ring (bicyclic) bond motifs is 1. The standard InChI is InChI=1S/C14H15ClN2OS/c1-9-17-8-13(19-9)7-16-6-12-5-10-4-11(15)2-3-14(10)18-12/h2-4,8,12,16H,5-7H2,1H3. The van der Waals surface area contributed by atoms with Crippen LogP contribution >= 0.6 is 22.9 Å². The summed E-state index contributed by atoms with van der Waals surface area (Å²) in [5.41, 5.74) is 1.20. The van der Waals surface area contributed by atoms with E-state index in [-0.39, 0.29) is 6.10 Å². The van der Waals surface area contributed by atoms with Crippen LogP contribution in [0.25, 0.3) is 0 Å². The van der Waals surface area contributed by atoms with Crippen molar-refractivity contribution in [2.75, 3.05) is 6.54 Å². The molecule has 2 aromatic rings. The first-order valence-corrected chi connectivity index (χ1v) is 7.47. The predicted molar refractivity (Wildman–Crippen MR) is 78.1 cm³/mol. The van der Waals surface area contributed by atoms with Gasteiger partial charge >= 0.3 is 0 Å². The molecule has 0 bridgehead atoms. The largest absolute Gasteiger partial charge is 0.488 e. The Morgan fingerprint density at radius 1 is 1.53 bits per heavy atom. The third kappa shape index (κ3) is 3.08. The molecule has 0 aliphatic carbocycles. The number of nitrogens with one attached hydrogen (secondary N) is 1. The van der Waals surface area contributed by atoms with Gasteiger partial charge < -0.3 is 10.1 Å². The Hall–Kier alpha value is -1.10. The van der Waals surface area contributed by atoms with Crippen molar-refractivity contribution in [3.8, 4) is 5.75 Å². The quantitative estimate of drug-likeness (QED) is 0.940. The molecule has 2 heterocycles. The van der Waals surface area contributed by atoms with Crippen LogP contribution in [0.2, 0.25) is 5.02 Å². The van der Waals surface area contributed by atoms with Gasteiger partial charge in [-0.1, -0.05) is 11.6 Å². The maximum absolute atomic E-state index is 5.98. The lowest BCUT2D eigenvalue weighted by atomic mass is 10.1. The molecule has 0 radical (unpaired) electrons. The second-order valence-corrected chi connectivity index (χ2v) is 6.43. The predicted octanol–water partition coefficient (Wildman–Crippen LogP) is 3.20. The third-order valence-corrected chi connectivity index (χ3v) is 4.25. The Labute approximate surface area is 121 Å². The van der Waals surface area contributed by atoms with Crippen LogP contribution < -0.4 is 10.1 Å². The summed E-state index contributed by atoms with van der Waals surface area (Å²) in [4.78, 5) is 5.50. The van der Waals surface area contributed by atoms with Gasteiger partial charge in [-0.15, -0.1) is 11.3 Å². The average Bonchev–Trinajstić information content (AvgIpc) is 2.95. The second kappa shape index (κ2) is 5.49. The van der Waals surface area contributed by atoms with Crippen LogP contribution in [0.5, 0.6) is 5.75 Å². The molecule has 0 spiro atoms. The molecule has 1 atom stereocenters. The number of thiazole rings is 1. The highest BCUT2D eigenvalue weighted by Gasteiger charge is 2.22. The lowest BCUT2D eigenvalue weighted by molar-refractivity contribution is 0.227. The lowest BCUT2D eigenvalue weighted by Crippen LogP contribution is -2.29. The van der Waals surface area contributed by atoms with Crippen molar-refractivity contribution >= 4 is 22.9 Å². The van der Waals surface area contributed by atoms with Crippen molar-refractivity contribution in [3.05, 3.63) is 44.9 Å². The van der Waals surface area contributed by atoms with Gasteiger partial charge in [0.25, 0.3) is 0 Å². The lowest BCUT2D eigenvalue weighted by Gasteiger charge is -2.11. The van der Waals surface area contributed by atoms with Gasteiger partial charge in [-0.05, 0) is 30.7 Å². The first kappa shape index (κ1) is 12.9. The fourth-order valence-corrected chi connectivity index (χ4v) is 3.21. The van der Waals surface area contributed by atoms with Crippen LogP contribution in [0.4, 0.5) is 0 Å². The highest BCUT2D eigenvalue weighted by atomic mass is 35.5. The van der Waals surface area contributed by atoms with Gasteiger partial charge in [-0.3, -0.25) is 0 Å². The molecule has 0 saturated heterocycles. The van der Waals surface area contributed by atoms with Crippen molar-refractivity contribution in [2.45, 2.75) is 26.0 Å². The molecule has 100 valence electrons. The summed E-state index contributed by atoms with van der Waals surface area (Å²) < 4.78 is 5.87. The molecule has 3 rings (SSSR count). The van der Waals surface area contributed by atoms with Crippen molar-refractivity contribution in [1.82, 2.24) is 10.3 Å². The van der Waals surface area contributed by atoms with E-state index in [0.29, 0.717) is 0 Å². The first-order valence-electron chi connectivity index (χ1n) is 6.28. The summed E-state index contributed by atoms with van der Waals surface area (Å²) in [7, 11) is 0. The minimum atomic E-state index is 0.197. The van der Waals surface area contributed by atoms with Gasteiger partial charge in [0.05, 0.1) is 5.01 Å². The number of hydrogen-bond donors (Lipinski definition) is 1. The summed E-state index contributed by atoms with van der Waals surface area (Å²) in [6, 6.07) is 5.81. The molecule has 1 aliphatic rings. The Morgan fingerprint density at radius 2 is 2.42 bits per heavy atom. The van der Waals surface area contributed by atoms with E-state index in [4.69, 9.17) is 16.3 Å². The summed E-state index contributed by atoms with van der Waals surface area (Å²) in [5, 5.41) is 5.30. The fraction of sp³-hybridized carbons (Fsp3) is 0.357. The smallest absolute Gasteiger partial charge is 0.123 e. The van der Waals surface area contributed by atoms with Crippen LogP contribution in [-0.4, -0.2) is 17.6 Å². The number of aromatic nitrogens is 1. The van der Waals surface area contributed by atoms with Crippen LogP contribution in [0, 0.1) is 6.92 Å². The van der Waals surface area contributed by atoms with Crippen LogP contribution in [0.3, 0.4) is 0 Å². The minimum Gasteiger partial charge on any atom is -0.488 e. The SMILES string of the molecule is Cc1ncc(CNCC2Cc3cc(Cl)ccc3O2)s1. The van der Waals surface area contributed by atoms with E-state index in [1.807, 2.05) is 31.3 Å². The second-order valence-electron chi connectivity index (χ2n) is 4.67. The Kier molecular flexibility index (Phi) is 3.73. The van der Waals surface area contributed by atoms with Gasteiger partial charge in [0.2, 0.25) is 0 Å². The maximum Gasteiger partial charge on any atom is 0.123 e. The fourth-order valence-electron chi connectivity index (χ4n) is 2.25. The molecule has 5 heteroatoms. The van der Waals surface area contributed by atoms with Crippen LogP contribution in [0.15, 0.2) is 24.4 Å². The van der Waals surface area contributed by atoms with Gasteiger partial charge in [0.1, 0.15) is 11.9 Å². The van der Waals surface area contributed by atoms with Gasteiger partial charge in [-0.25, -0.2) is 4.98 Å². The van der Waals surface area contributed by atoms with E-state index in [0.717, 1.165) is 35.3 Å². The van der Waals surface area contributed by atoms with Gasteiger partial charge in [-0.2, -0.15) is 0 Å². The normalized spacial score (nSPS) is 17.3. The zero-order chi connectivity index (χ0) is 13.2. The van der Waals surface area contributed by atoms with E-state index in [1.165, 1.54) is 10.4 Å². The number of benzene rings is 1. The molecule has 1 aromatic heterocycles. The Bertz CT molecular complexity index is 585. The Morgan fingerprint density at radius 3 is 3.21 bits per heavy atom. The van der Waals surface area contributed by atoms with Crippen LogP contribution in [-0.2, 0) is 13.0 Å². The summed E-state index contributed by atoms with van der Waals surface area (Å²) in [6.45, 7) is 3.71. The number of rotatable bonds is 4. The maximum atomic E-state index is 5.98. The number of nitrogens with zero attached hydrogens (tertiary/aromatic N) is 1. The van der Waals surface area contributed by atoms with Crippen molar-refractivity contribution in [1.29, 1.82) is 0 Å². The summed E-state index contributed by atoms with van der Waals surface area (Å²) in [6.07, 6.45) is 3.05. The van der Waals surface area contributed by atoms with E-state index in [1.54, 1.807) is 11.3 Å². The van der Waals surface area contributed by atoms with Crippen molar-refractivity contribution in [3.63, 3.8) is 0 Å². The molecule has 0 saturated carbocycles. The topological polar surface area (TPSA) is 34.2 Å². The zero-order valence-corrected chi connectivity index (χ0v) is 12.2. The zero-order valence-electron chi connectivity index (χ0n) is 10.6. The molecule has 3 nitrogen and oxygen atoms in total. The number of aryl methyl sites for hydroxylation is 1. The highest BCUT2D eigenvalue weighted by molar-refractivity contribution is 7.11. The minimum absolute atomic E-state index is 0.197. The van der Waals surface area contributed by atoms with E-state index < -0.39 is 0 Å². The number of ether oxygens (including phenoxy) is 1. The van der Waals surface area contributed by atoms with Gasteiger partial charge in [0, 0.05) is 35.6 Å². The third-order valence-electron chi connectivity index (χ3n) is 3.10. The number of hydrogen-bond acceptors (Lipinski definition) is 4. The molecule has 0 fully saturated rings. The molecule has 1 aliphatic heterocycles. The van der Waals surface area contributed by atoms with Crippen molar-refractivity contribution < 1.29 is 4.74 Å². The molecule has 1 N–H and O–H groups in total. The summed E-state index contributed by atoms with van der Waals surface area (Å²) in [5.74, 6) is 0.963. The molecule has 19 heavy (non-hydrogen) atoms. The number of halogens is 1. The highest BCUT2D eigenvalue weighted by Crippen LogP contribution is 2.30. The monoisotopic (exact) mass is 294 g/mol. The van der Waals surface area contributed by atoms with E-state index >= 15 is 0 Å². The van der Waals surface area contributed by atoms with Crippen LogP contribution in [0.1, 0.15) is 15.4 Å². The van der Waals surface area contributed by atoms with E-state index in [9.17, 15) is 0 Å². The van der Waals surface area contributed by atoms with E-state index in [2.05, 4.69) is 10.3 Å².